The third-order valence-corrected chi connectivity index (χ3v) is 4.18. The van der Waals surface area contributed by atoms with E-state index in [0.717, 1.165) is 39.3 Å². The van der Waals surface area contributed by atoms with E-state index in [9.17, 15) is 0 Å². The summed E-state index contributed by atoms with van der Waals surface area (Å²) in [4.78, 5) is 4.56. The summed E-state index contributed by atoms with van der Waals surface area (Å²) >= 11 is 0. The molecule has 0 saturated heterocycles. The van der Waals surface area contributed by atoms with Gasteiger partial charge in [0.2, 0.25) is 6.79 Å². The van der Waals surface area contributed by atoms with Crippen molar-refractivity contribution in [1.82, 2.24) is 4.98 Å². The first kappa shape index (κ1) is 14.6. The zero-order chi connectivity index (χ0) is 16.5. The van der Waals surface area contributed by atoms with Crippen LogP contribution in [0.2, 0.25) is 0 Å². The molecule has 0 saturated carbocycles. The Labute approximate surface area is 139 Å². The van der Waals surface area contributed by atoms with Gasteiger partial charge in [-0.1, -0.05) is 6.07 Å². The first-order chi connectivity index (χ1) is 11.8. The highest BCUT2D eigenvalue weighted by Crippen LogP contribution is 2.40. The maximum Gasteiger partial charge on any atom is 0.231 e. The second-order valence-electron chi connectivity index (χ2n) is 5.52. The molecule has 4 rings (SSSR count). The molecular weight excluding hydrogens is 306 g/mol. The maximum absolute atomic E-state index is 5.60. The predicted molar refractivity (Wildman–Crippen MR) is 90.2 cm³/mol. The third-order valence-electron chi connectivity index (χ3n) is 4.18. The Bertz CT molecular complexity index is 907. The summed E-state index contributed by atoms with van der Waals surface area (Å²) in [5.74, 6) is 3.01. The van der Waals surface area contributed by atoms with Gasteiger partial charge in [0.15, 0.2) is 23.0 Å². The molecule has 0 N–H and O–H groups in total. The van der Waals surface area contributed by atoms with Gasteiger partial charge in [-0.3, -0.25) is 4.98 Å². The van der Waals surface area contributed by atoms with Gasteiger partial charge in [-0.15, -0.1) is 0 Å². The molecule has 0 bridgehead atoms. The van der Waals surface area contributed by atoms with Crippen molar-refractivity contribution in [2.24, 2.45) is 0 Å². The zero-order valence-electron chi connectivity index (χ0n) is 13.5. The smallest absolute Gasteiger partial charge is 0.231 e. The minimum absolute atomic E-state index is 0.266. The van der Waals surface area contributed by atoms with Crippen molar-refractivity contribution in [1.29, 1.82) is 0 Å². The number of ether oxygens (including phenoxy) is 4. The minimum Gasteiger partial charge on any atom is -0.493 e. The number of pyridine rings is 1. The molecule has 2 aromatic carbocycles. The van der Waals surface area contributed by atoms with Gasteiger partial charge < -0.3 is 18.9 Å². The number of fused-ring (bicyclic) bond motifs is 3. The van der Waals surface area contributed by atoms with Crippen LogP contribution in [0.4, 0.5) is 0 Å². The van der Waals surface area contributed by atoms with Gasteiger partial charge >= 0.3 is 0 Å². The van der Waals surface area contributed by atoms with E-state index >= 15 is 0 Å². The fraction of sp³-hybridized carbons (Fsp3) is 0.211. The van der Waals surface area contributed by atoms with E-state index in [0.29, 0.717) is 12.2 Å². The maximum atomic E-state index is 5.60. The van der Waals surface area contributed by atoms with Crippen molar-refractivity contribution in [2.75, 3.05) is 21.0 Å². The summed E-state index contributed by atoms with van der Waals surface area (Å²) in [5.41, 5.74) is 2.09. The van der Waals surface area contributed by atoms with Crippen molar-refractivity contribution < 1.29 is 18.9 Å². The van der Waals surface area contributed by atoms with E-state index in [1.165, 1.54) is 0 Å². The molecule has 5 heteroatoms. The van der Waals surface area contributed by atoms with Crippen LogP contribution in [-0.2, 0) is 6.42 Å². The van der Waals surface area contributed by atoms with Gasteiger partial charge in [-0.25, -0.2) is 0 Å². The SMILES string of the molecule is COc1ccc(Cc2nccc3c4c(ccc23)OCO4)cc1OC. The van der Waals surface area contributed by atoms with Crippen LogP contribution in [0.5, 0.6) is 23.0 Å². The molecule has 122 valence electrons. The lowest BCUT2D eigenvalue weighted by Crippen LogP contribution is -1.97. The van der Waals surface area contributed by atoms with Crippen molar-refractivity contribution in [3.05, 3.63) is 53.9 Å². The lowest BCUT2D eigenvalue weighted by molar-refractivity contribution is 0.175. The summed E-state index contributed by atoms with van der Waals surface area (Å²) in [6.45, 7) is 0.266. The molecule has 2 heterocycles. The molecule has 1 aliphatic rings. The van der Waals surface area contributed by atoms with Crippen LogP contribution in [-0.4, -0.2) is 26.0 Å². The molecule has 0 unspecified atom stereocenters. The van der Waals surface area contributed by atoms with Gasteiger partial charge in [-0.05, 0) is 35.9 Å². The van der Waals surface area contributed by atoms with Crippen LogP contribution in [0.1, 0.15) is 11.3 Å². The van der Waals surface area contributed by atoms with E-state index in [4.69, 9.17) is 18.9 Å². The normalized spacial score (nSPS) is 12.4. The topological polar surface area (TPSA) is 49.8 Å². The fourth-order valence-electron chi connectivity index (χ4n) is 3.01. The van der Waals surface area contributed by atoms with Crippen LogP contribution in [0.15, 0.2) is 42.6 Å². The average Bonchev–Trinajstić information content (AvgIpc) is 3.11. The monoisotopic (exact) mass is 323 g/mol. The molecular formula is C19H17NO4. The van der Waals surface area contributed by atoms with Gasteiger partial charge in [0.25, 0.3) is 0 Å². The van der Waals surface area contributed by atoms with Gasteiger partial charge in [0.1, 0.15) is 0 Å². The molecule has 0 amide bonds. The lowest BCUT2D eigenvalue weighted by Gasteiger charge is -2.11. The number of hydrogen-bond acceptors (Lipinski definition) is 5. The second kappa shape index (κ2) is 5.92. The third kappa shape index (κ3) is 2.38. The molecule has 0 spiro atoms. The lowest BCUT2D eigenvalue weighted by atomic mass is 10.0. The van der Waals surface area contributed by atoms with Gasteiger partial charge in [-0.2, -0.15) is 0 Å². The molecule has 0 aliphatic carbocycles. The molecule has 0 fully saturated rings. The summed E-state index contributed by atoms with van der Waals surface area (Å²) in [7, 11) is 3.27. The number of nitrogens with zero attached hydrogens (tertiary/aromatic N) is 1. The molecule has 1 aliphatic heterocycles. The van der Waals surface area contributed by atoms with E-state index in [-0.39, 0.29) is 6.79 Å². The first-order valence-electron chi connectivity index (χ1n) is 7.67. The molecule has 1 aromatic heterocycles. The summed E-state index contributed by atoms with van der Waals surface area (Å²) < 4.78 is 21.7. The minimum atomic E-state index is 0.266. The Kier molecular flexibility index (Phi) is 3.61. The summed E-state index contributed by atoms with van der Waals surface area (Å²) in [5, 5.41) is 2.09. The van der Waals surface area contributed by atoms with Gasteiger partial charge in [0, 0.05) is 23.4 Å². The molecule has 5 nitrogen and oxygen atoms in total. The molecule has 0 radical (unpaired) electrons. The van der Waals surface area contributed by atoms with E-state index in [1.54, 1.807) is 20.4 Å². The largest absolute Gasteiger partial charge is 0.493 e. The highest BCUT2D eigenvalue weighted by molar-refractivity contribution is 5.92. The Morgan fingerprint density at radius 2 is 1.83 bits per heavy atom. The Morgan fingerprint density at radius 1 is 0.958 bits per heavy atom. The quantitative estimate of drug-likeness (QED) is 0.734. The molecule has 24 heavy (non-hydrogen) atoms. The zero-order valence-corrected chi connectivity index (χ0v) is 13.5. The van der Waals surface area contributed by atoms with Crippen LogP contribution in [0, 0.1) is 0 Å². The van der Waals surface area contributed by atoms with Crippen LogP contribution >= 0.6 is 0 Å². The van der Waals surface area contributed by atoms with Crippen molar-refractivity contribution in [2.45, 2.75) is 6.42 Å². The first-order valence-corrected chi connectivity index (χ1v) is 7.67. The number of rotatable bonds is 4. The summed E-state index contributed by atoms with van der Waals surface area (Å²) in [6, 6.07) is 11.8. The van der Waals surface area contributed by atoms with Crippen molar-refractivity contribution >= 4 is 10.8 Å². The van der Waals surface area contributed by atoms with Crippen LogP contribution in [0.3, 0.4) is 0 Å². The van der Waals surface area contributed by atoms with E-state index < -0.39 is 0 Å². The Balaban J connectivity index is 1.75. The van der Waals surface area contributed by atoms with Crippen LogP contribution in [0.25, 0.3) is 10.8 Å². The Morgan fingerprint density at radius 3 is 2.67 bits per heavy atom. The van der Waals surface area contributed by atoms with E-state index in [1.807, 2.05) is 36.4 Å². The number of aromatic nitrogens is 1. The second-order valence-corrected chi connectivity index (χ2v) is 5.52. The standard InChI is InChI=1S/C19H17NO4/c1-21-16-5-3-12(10-18(16)22-2)9-15-13-4-6-17-19(24-11-23-17)14(13)7-8-20-15/h3-8,10H,9,11H2,1-2H3. The van der Waals surface area contributed by atoms with Crippen molar-refractivity contribution in [3.63, 3.8) is 0 Å². The summed E-state index contributed by atoms with van der Waals surface area (Å²) in [6.07, 6.45) is 2.50. The average molecular weight is 323 g/mol. The highest BCUT2D eigenvalue weighted by Gasteiger charge is 2.18. The Hall–Kier alpha value is -2.95. The van der Waals surface area contributed by atoms with E-state index in [2.05, 4.69) is 4.98 Å². The number of benzene rings is 2. The van der Waals surface area contributed by atoms with Crippen LogP contribution < -0.4 is 18.9 Å². The number of methoxy groups -OCH3 is 2. The fourth-order valence-corrected chi connectivity index (χ4v) is 3.01. The highest BCUT2D eigenvalue weighted by atomic mass is 16.7. The predicted octanol–water partition coefficient (Wildman–Crippen LogP) is 3.57. The van der Waals surface area contributed by atoms with Crippen molar-refractivity contribution in [3.8, 4) is 23.0 Å². The number of hydrogen-bond donors (Lipinski definition) is 0. The molecule has 0 atom stereocenters. The van der Waals surface area contributed by atoms with Gasteiger partial charge in [0.05, 0.1) is 19.9 Å². The molecule has 3 aromatic rings.